The maximum absolute atomic E-state index is 12.6. The topological polar surface area (TPSA) is 150 Å². The van der Waals surface area contributed by atoms with Crippen LogP contribution in [0.2, 0.25) is 0 Å². The molecule has 1 aromatic heterocycles. The molecule has 0 fully saturated rings. The molecule has 0 radical (unpaired) electrons. The molecule has 0 bridgehead atoms. The van der Waals surface area contributed by atoms with Crippen LogP contribution in [0.3, 0.4) is 0 Å². The van der Waals surface area contributed by atoms with Crippen LogP contribution in [-0.4, -0.2) is 59.1 Å². The van der Waals surface area contributed by atoms with E-state index in [9.17, 15) is 22.8 Å². The Bertz CT molecular complexity index is 1390. The van der Waals surface area contributed by atoms with Crippen LogP contribution in [0.15, 0.2) is 65.7 Å². The lowest BCUT2D eigenvalue weighted by molar-refractivity contribution is 0.0593. The van der Waals surface area contributed by atoms with Gasteiger partial charge in [0, 0.05) is 18.3 Å². The number of esters is 1. The molecule has 1 heterocycles. The Morgan fingerprint density at radius 3 is 2.11 bits per heavy atom. The number of pyridine rings is 1. The molecule has 2 aromatic carbocycles. The zero-order chi connectivity index (χ0) is 27.0. The second kappa shape index (κ2) is 12.0. The predicted octanol–water partition coefficient (Wildman–Crippen LogP) is 1.98. The molecule has 194 valence electrons. The average molecular weight is 528 g/mol. The minimum atomic E-state index is -4.22. The van der Waals surface area contributed by atoms with Crippen LogP contribution in [0.4, 0.5) is 0 Å². The fraction of sp³-hybridized carbons (Fsp3) is 0.200. The number of hydrogen-bond donors (Lipinski definition) is 2. The van der Waals surface area contributed by atoms with E-state index in [-0.39, 0.29) is 27.6 Å². The van der Waals surface area contributed by atoms with E-state index < -0.39 is 21.9 Å². The van der Waals surface area contributed by atoms with E-state index in [0.29, 0.717) is 24.5 Å². The second-order valence-electron chi connectivity index (χ2n) is 7.58. The van der Waals surface area contributed by atoms with Crippen LogP contribution in [0.25, 0.3) is 0 Å². The molecule has 0 saturated heterocycles. The van der Waals surface area contributed by atoms with Crippen LogP contribution in [0.5, 0.6) is 11.5 Å². The molecule has 11 nitrogen and oxygen atoms in total. The van der Waals surface area contributed by atoms with E-state index >= 15 is 0 Å². The van der Waals surface area contributed by atoms with Gasteiger partial charge in [-0.25, -0.2) is 22.9 Å². The minimum Gasteiger partial charge on any atom is -0.493 e. The molecule has 3 rings (SSSR count). The quantitative estimate of drug-likeness (QED) is 0.377. The van der Waals surface area contributed by atoms with Crippen molar-refractivity contribution in [2.24, 2.45) is 0 Å². The highest BCUT2D eigenvalue weighted by Gasteiger charge is 2.20. The smallest absolute Gasteiger partial charge is 0.356 e. The Hall–Kier alpha value is -4.45. The molecule has 0 unspecified atom stereocenters. The number of nitrogens with zero attached hydrogens (tertiary/aromatic N) is 1. The summed E-state index contributed by atoms with van der Waals surface area (Å²) in [6, 6.07) is 13.1. The molecule has 2 amide bonds. The van der Waals surface area contributed by atoms with Gasteiger partial charge in [-0.1, -0.05) is 6.07 Å². The SMILES string of the molecule is COC(=O)c1ccc(C(=O)NS(=O)(=O)c2ccc(C(=O)NCCc3ccc(OC)c(OC)c3)cc2)cn1. The van der Waals surface area contributed by atoms with Crippen LogP contribution >= 0.6 is 0 Å². The van der Waals surface area contributed by atoms with Gasteiger partial charge in [-0.05, 0) is 60.5 Å². The maximum Gasteiger partial charge on any atom is 0.356 e. The highest BCUT2D eigenvalue weighted by molar-refractivity contribution is 7.90. The van der Waals surface area contributed by atoms with Crippen molar-refractivity contribution in [2.45, 2.75) is 11.3 Å². The molecule has 12 heteroatoms. The number of sulfonamides is 1. The van der Waals surface area contributed by atoms with Crippen molar-refractivity contribution in [2.75, 3.05) is 27.9 Å². The van der Waals surface area contributed by atoms with Crippen molar-refractivity contribution in [1.82, 2.24) is 15.0 Å². The molecule has 3 aromatic rings. The van der Waals surface area contributed by atoms with Gasteiger partial charge in [0.2, 0.25) is 0 Å². The van der Waals surface area contributed by atoms with Crippen molar-refractivity contribution >= 4 is 27.8 Å². The number of nitrogens with one attached hydrogen (secondary N) is 2. The highest BCUT2D eigenvalue weighted by Crippen LogP contribution is 2.27. The zero-order valence-electron chi connectivity index (χ0n) is 20.3. The predicted molar refractivity (Wildman–Crippen MR) is 132 cm³/mol. The average Bonchev–Trinajstić information content (AvgIpc) is 2.92. The Balaban J connectivity index is 1.58. The first kappa shape index (κ1) is 27.1. The van der Waals surface area contributed by atoms with Gasteiger partial charge in [0.15, 0.2) is 11.5 Å². The van der Waals surface area contributed by atoms with Gasteiger partial charge in [-0.3, -0.25) is 9.59 Å². The fourth-order valence-electron chi connectivity index (χ4n) is 3.24. The minimum absolute atomic E-state index is 0.0282. The molecule has 0 spiro atoms. The second-order valence-corrected chi connectivity index (χ2v) is 9.26. The first-order valence-corrected chi connectivity index (χ1v) is 12.4. The molecule has 0 atom stereocenters. The first-order chi connectivity index (χ1) is 17.7. The van der Waals surface area contributed by atoms with E-state index in [0.717, 1.165) is 11.8 Å². The van der Waals surface area contributed by atoms with Crippen LogP contribution in [0.1, 0.15) is 36.8 Å². The summed E-state index contributed by atoms with van der Waals surface area (Å²) in [5.74, 6) is -0.810. The summed E-state index contributed by atoms with van der Waals surface area (Å²) in [6.45, 7) is 0.341. The van der Waals surface area contributed by atoms with Crippen molar-refractivity contribution in [3.8, 4) is 11.5 Å². The molecule has 0 aliphatic heterocycles. The van der Waals surface area contributed by atoms with Crippen LogP contribution < -0.4 is 19.5 Å². The molecule has 0 aliphatic rings. The number of carbonyl (C=O) groups is 3. The monoisotopic (exact) mass is 527 g/mol. The van der Waals surface area contributed by atoms with E-state index in [1.807, 2.05) is 16.9 Å². The Labute approximate surface area is 213 Å². The van der Waals surface area contributed by atoms with Gasteiger partial charge < -0.3 is 19.5 Å². The lowest BCUT2D eigenvalue weighted by atomic mass is 10.1. The van der Waals surface area contributed by atoms with Crippen molar-refractivity contribution in [3.05, 3.63) is 83.2 Å². The number of aromatic nitrogens is 1. The third-order valence-corrected chi connectivity index (χ3v) is 6.57. The summed E-state index contributed by atoms with van der Waals surface area (Å²) in [4.78, 5) is 39.8. The van der Waals surface area contributed by atoms with E-state index in [4.69, 9.17) is 9.47 Å². The normalized spacial score (nSPS) is 10.8. The van der Waals surface area contributed by atoms with Gasteiger partial charge in [0.25, 0.3) is 21.8 Å². The van der Waals surface area contributed by atoms with Crippen LogP contribution in [0, 0.1) is 0 Å². The van der Waals surface area contributed by atoms with Gasteiger partial charge in [0.05, 0.1) is 31.8 Å². The maximum atomic E-state index is 12.6. The highest BCUT2D eigenvalue weighted by atomic mass is 32.2. The van der Waals surface area contributed by atoms with Gasteiger partial charge >= 0.3 is 5.97 Å². The lowest BCUT2D eigenvalue weighted by Crippen LogP contribution is -2.31. The molecule has 2 N–H and O–H groups in total. The summed E-state index contributed by atoms with van der Waals surface area (Å²) >= 11 is 0. The number of hydrogen-bond acceptors (Lipinski definition) is 9. The molecular formula is C25H25N3O8S. The third-order valence-electron chi connectivity index (χ3n) is 5.22. The summed E-state index contributed by atoms with van der Waals surface area (Å²) < 4.78 is 42.1. The molecule has 0 saturated carbocycles. The summed E-state index contributed by atoms with van der Waals surface area (Å²) in [5.41, 5.74) is 1.09. The Morgan fingerprint density at radius 1 is 0.838 bits per heavy atom. The zero-order valence-corrected chi connectivity index (χ0v) is 21.1. The van der Waals surface area contributed by atoms with Crippen molar-refractivity contribution < 1.29 is 37.0 Å². The van der Waals surface area contributed by atoms with Crippen LogP contribution in [-0.2, 0) is 21.2 Å². The Morgan fingerprint density at radius 2 is 1.51 bits per heavy atom. The first-order valence-electron chi connectivity index (χ1n) is 10.9. The fourth-order valence-corrected chi connectivity index (χ4v) is 4.21. The largest absolute Gasteiger partial charge is 0.493 e. The molecule has 37 heavy (non-hydrogen) atoms. The Kier molecular flexibility index (Phi) is 8.80. The molecular weight excluding hydrogens is 502 g/mol. The van der Waals surface area contributed by atoms with Crippen molar-refractivity contribution in [3.63, 3.8) is 0 Å². The van der Waals surface area contributed by atoms with Gasteiger partial charge in [-0.2, -0.15) is 0 Å². The summed E-state index contributed by atoms with van der Waals surface area (Å²) in [5, 5.41) is 2.77. The lowest BCUT2D eigenvalue weighted by Gasteiger charge is -2.10. The number of methoxy groups -OCH3 is 3. The number of ether oxygens (including phenoxy) is 3. The molecule has 0 aliphatic carbocycles. The van der Waals surface area contributed by atoms with E-state index in [2.05, 4.69) is 15.0 Å². The van der Waals surface area contributed by atoms with E-state index in [1.165, 1.54) is 43.5 Å². The number of amides is 2. The third kappa shape index (κ3) is 6.82. The standard InChI is InChI=1S/C25H25N3O8S/c1-34-21-11-4-16(14-22(21)35-2)12-13-26-23(29)17-5-8-19(9-6-17)37(32,33)28-24(30)18-7-10-20(27-15-18)25(31)36-3/h4-11,14-15H,12-13H2,1-3H3,(H,26,29)(H,28,30). The van der Waals surface area contributed by atoms with Crippen molar-refractivity contribution in [1.29, 1.82) is 0 Å². The number of benzene rings is 2. The summed E-state index contributed by atoms with van der Waals surface area (Å²) in [7, 11) is 0.0564. The van der Waals surface area contributed by atoms with E-state index in [1.54, 1.807) is 20.3 Å². The number of rotatable bonds is 10. The van der Waals surface area contributed by atoms with Gasteiger partial charge in [-0.15, -0.1) is 0 Å². The van der Waals surface area contributed by atoms with Gasteiger partial charge in [0.1, 0.15) is 5.69 Å². The number of carbonyl (C=O) groups excluding carboxylic acids is 3. The summed E-state index contributed by atoms with van der Waals surface area (Å²) in [6.07, 6.45) is 1.60.